The van der Waals surface area contributed by atoms with Crippen molar-refractivity contribution in [2.45, 2.75) is 6.92 Å². The van der Waals surface area contributed by atoms with E-state index in [9.17, 15) is 0 Å². The molecule has 0 spiro atoms. The summed E-state index contributed by atoms with van der Waals surface area (Å²) in [5.41, 5.74) is 2.28. The van der Waals surface area contributed by atoms with Crippen molar-refractivity contribution in [3.8, 4) is 0 Å². The average Bonchev–Trinajstić information content (AvgIpc) is 2.84. The molecule has 0 N–H and O–H groups in total. The zero-order valence-corrected chi connectivity index (χ0v) is 11.3. The Bertz CT molecular complexity index is 784. The summed E-state index contributed by atoms with van der Waals surface area (Å²) in [7, 11) is 0. The normalized spacial score (nSPS) is 12.6. The van der Waals surface area contributed by atoms with Gasteiger partial charge in [-0.05, 0) is 31.9 Å². The van der Waals surface area contributed by atoms with Crippen LogP contribution in [0.4, 0.5) is 0 Å². The summed E-state index contributed by atoms with van der Waals surface area (Å²) in [4.78, 5) is 8.07. The Labute approximate surface area is 117 Å². The van der Waals surface area contributed by atoms with Gasteiger partial charge in [0.15, 0.2) is 0 Å². The molecule has 0 aliphatic rings. The molecule has 0 aliphatic heterocycles. The van der Waals surface area contributed by atoms with E-state index in [1.54, 1.807) is 0 Å². The number of nitrogens with zero attached hydrogens (tertiary/aromatic N) is 3. The monoisotopic (exact) mass is 261 g/mol. The third kappa shape index (κ3) is 1.84. The van der Waals surface area contributed by atoms with Crippen molar-refractivity contribution >= 4 is 40.7 Å². The highest BCUT2D eigenvalue weighted by Crippen LogP contribution is 2.31. The van der Waals surface area contributed by atoms with E-state index in [0.717, 1.165) is 16.9 Å². The molecule has 0 aliphatic carbocycles. The first-order chi connectivity index (χ1) is 9.86. The van der Waals surface area contributed by atoms with Gasteiger partial charge in [-0.15, -0.1) is 0 Å². The quantitative estimate of drug-likeness (QED) is 0.496. The van der Waals surface area contributed by atoms with E-state index in [-0.39, 0.29) is 0 Å². The van der Waals surface area contributed by atoms with Crippen molar-refractivity contribution in [1.82, 2.24) is 4.57 Å². The molecule has 3 rings (SSSR count). The zero-order chi connectivity index (χ0) is 13.9. The van der Waals surface area contributed by atoms with Crippen LogP contribution >= 0.6 is 0 Å². The lowest BCUT2D eigenvalue weighted by Gasteiger charge is -2.06. The number of aromatic nitrogens is 1. The molecule has 98 valence electrons. The van der Waals surface area contributed by atoms with Crippen LogP contribution in [0.15, 0.2) is 64.6 Å². The lowest BCUT2D eigenvalue weighted by molar-refractivity contribution is 1.17. The van der Waals surface area contributed by atoms with Gasteiger partial charge in [0, 0.05) is 10.8 Å². The van der Waals surface area contributed by atoms with Crippen molar-refractivity contribution in [2.75, 3.05) is 0 Å². The van der Waals surface area contributed by atoms with Gasteiger partial charge in [-0.2, -0.15) is 0 Å². The Balaban J connectivity index is 2.42. The fourth-order valence-corrected chi connectivity index (χ4v) is 2.53. The Morgan fingerprint density at radius 3 is 2.05 bits per heavy atom. The predicted molar refractivity (Wildman–Crippen MR) is 87.4 cm³/mol. The number of fused-ring (bicyclic) bond motifs is 3. The van der Waals surface area contributed by atoms with Gasteiger partial charge in [-0.3, -0.25) is 9.56 Å². The molecule has 1 heterocycles. The number of allylic oxidation sites excluding steroid dienone is 1. The molecule has 1 aromatic heterocycles. The smallest absolute Gasteiger partial charge is 0.135 e. The summed E-state index contributed by atoms with van der Waals surface area (Å²) in [5, 5.41) is 2.45. The molecule has 0 saturated carbocycles. The largest absolute Gasteiger partial charge is 0.294 e. The maximum atomic E-state index is 4.37. The zero-order valence-electron chi connectivity index (χ0n) is 11.3. The highest BCUT2D eigenvalue weighted by molar-refractivity contribution is 6.10. The number of aliphatic imine (C=N–C) groups is 2. The van der Waals surface area contributed by atoms with Gasteiger partial charge in [0.2, 0.25) is 0 Å². The summed E-state index contributed by atoms with van der Waals surface area (Å²) >= 11 is 0. The van der Waals surface area contributed by atoms with Gasteiger partial charge in [-0.1, -0.05) is 36.4 Å². The maximum Gasteiger partial charge on any atom is 0.135 e. The van der Waals surface area contributed by atoms with Crippen LogP contribution in [0.1, 0.15) is 6.92 Å². The van der Waals surface area contributed by atoms with E-state index in [2.05, 4.69) is 57.7 Å². The molecule has 0 radical (unpaired) electrons. The minimum absolute atomic E-state index is 0.842. The molecule has 0 atom stereocenters. The van der Waals surface area contributed by atoms with Gasteiger partial charge in [0.05, 0.1) is 11.0 Å². The molecular weight excluding hydrogens is 246 g/mol. The van der Waals surface area contributed by atoms with E-state index in [1.165, 1.54) is 17.1 Å². The summed E-state index contributed by atoms with van der Waals surface area (Å²) in [5.74, 6) is 0.842. The molecule has 2 aromatic carbocycles. The Morgan fingerprint density at radius 2 is 1.55 bits per heavy atom. The number of benzene rings is 2. The van der Waals surface area contributed by atoms with Gasteiger partial charge >= 0.3 is 0 Å². The Morgan fingerprint density at radius 1 is 1.00 bits per heavy atom. The summed E-state index contributed by atoms with van der Waals surface area (Å²) < 4.78 is 2.15. The number of rotatable bonds is 3. The van der Waals surface area contributed by atoms with Crippen molar-refractivity contribution in [3.63, 3.8) is 0 Å². The van der Waals surface area contributed by atoms with Gasteiger partial charge in [0.1, 0.15) is 12.2 Å². The third-order valence-corrected chi connectivity index (χ3v) is 3.34. The van der Waals surface area contributed by atoms with E-state index in [1.807, 2.05) is 25.1 Å². The topological polar surface area (TPSA) is 29.6 Å². The van der Waals surface area contributed by atoms with Crippen molar-refractivity contribution in [2.24, 2.45) is 9.98 Å². The van der Waals surface area contributed by atoms with Gasteiger partial charge in [-0.25, -0.2) is 4.99 Å². The average molecular weight is 261 g/mol. The van der Waals surface area contributed by atoms with Crippen LogP contribution in [-0.4, -0.2) is 17.6 Å². The maximum absolute atomic E-state index is 4.37. The van der Waals surface area contributed by atoms with E-state index in [4.69, 9.17) is 0 Å². The first kappa shape index (κ1) is 12.4. The fraction of sp³-hybridized carbons (Fsp3) is 0.0588. The summed E-state index contributed by atoms with van der Waals surface area (Å²) in [6, 6.07) is 16.7. The molecule has 20 heavy (non-hydrogen) atoms. The van der Waals surface area contributed by atoms with Crippen molar-refractivity contribution in [1.29, 1.82) is 0 Å². The SMILES string of the molecule is C=N/C=N\C(=C/C)n1c2ccccc2c2ccccc21. The molecule has 0 saturated heterocycles. The van der Waals surface area contributed by atoms with Crippen molar-refractivity contribution in [3.05, 3.63) is 54.6 Å². The van der Waals surface area contributed by atoms with Crippen LogP contribution in [-0.2, 0) is 0 Å². The van der Waals surface area contributed by atoms with Crippen molar-refractivity contribution < 1.29 is 0 Å². The Hall–Kier alpha value is -2.68. The van der Waals surface area contributed by atoms with Crippen LogP contribution in [0, 0.1) is 0 Å². The number of hydrogen-bond acceptors (Lipinski definition) is 1. The Kier molecular flexibility index (Phi) is 3.17. The summed E-state index contributed by atoms with van der Waals surface area (Å²) in [6.45, 7) is 5.41. The van der Waals surface area contributed by atoms with E-state index < -0.39 is 0 Å². The first-order valence-electron chi connectivity index (χ1n) is 6.50. The molecule has 0 amide bonds. The highest BCUT2D eigenvalue weighted by atomic mass is 15.1. The lowest BCUT2D eigenvalue weighted by atomic mass is 10.2. The summed E-state index contributed by atoms with van der Waals surface area (Å²) in [6.07, 6.45) is 3.44. The van der Waals surface area contributed by atoms with Crippen LogP contribution in [0.2, 0.25) is 0 Å². The number of para-hydroxylation sites is 2. The van der Waals surface area contributed by atoms with E-state index >= 15 is 0 Å². The van der Waals surface area contributed by atoms with Crippen LogP contribution in [0.25, 0.3) is 27.6 Å². The van der Waals surface area contributed by atoms with Crippen LogP contribution < -0.4 is 0 Å². The van der Waals surface area contributed by atoms with Gasteiger partial charge in [0.25, 0.3) is 0 Å². The van der Waals surface area contributed by atoms with Crippen LogP contribution in [0.5, 0.6) is 0 Å². The standard InChI is InChI=1S/C17H15N3/c1-3-17(19-12-18-2)20-15-10-6-4-8-13(15)14-9-5-7-11-16(14)20/h3-12H,2H2,1H3/b17-3+,19-12-. The molecule has 0 fully saturated rings. The third-order valence-electron chi connectivity index (χ3n) is 3.34. The minimum Gasteiger partial charge on any atom is -0.294 e. The fourth-order valence-electron chi connectivity index (χ4n) is 2.53. The minimum atomic E-state index is 0.842. The molecule has 3 aromatic rings. The second kappa shape index (κ2) is 5.13. The predicted octanol–water partition coefficient (Wildman–Crippen LogP) is 4.34. The van der Waals surface area contributed by atoms with Gasteiger partial charge < -0.3 is 0 Å². The molecule has 3 nitrogen and oxygen atoms in total. The second-order valence-electron chi connectivity index (χ2n) is 4.44. The molecule has 0 unspecified atom stereocenters. The van der Waals surface area contributed by atoms with E-state index in [0.29, 0.717) is 0 Å². The molecule has 3 heteroatoms. The lowest BCUT2D eigenvalue weighted by Crippen LogP contribution is -1.94. The second-order valence-corrected chi connectivity index (χ2v) is 4.44. The number of hydrogen-bond donors (Lipinski definition) is 0. The molecular formula is C17H15N3. The molecule has 0 bridgehead atoms. The van der Waals surface area contributed by atoms with Crippen LogP contribution in [0.3, 0.4) is 0 Å². The first-order valence-corrected chi connectivity index (χ1v) is 6.50. The highest BCUT2D eigenvalue weighted by Gasteiger charge is 2.11.